The number of H-pyrrole nitrogens is 1. The number of aromatic nitrogens is 2. The number of rotatable bonds is 3. The first-order chi connectivity index (χ1) is 11.5. The molecule has 1 aliphatic heterocycles. The second-order valence-electron chi connectivity index (χ2n) is 5.22. The number of allylic oxidation sites excluding steroid dienone is 1. The Kier molecular flexibility index (Phi) is 4.11. The monoisotopic (exact) mass is 390 g/mol. The number of halogens is 1. The number of hydrogen-bond donors (Lipinski definition) is 2. The molecule has 0 amide bonds. The number of ether oxygens (including phenoxy) is 3. The van der Waals surface area contributed by atoms with Crippen molar-refractivity contribution < 1.29 is 14.2 Å². The van der Waals surface area contributed by atoms with E-state index in [1.807, 2.05) is 13.0 Å². The van der Waals surface area contributed by atoms with E-state index < -0.39 is 5.92 Å². The zero-order chi connectivity index (χ0) is 17.4. The van der Waals surface area contributed by atoms with E-state index in [4.69, 9.17) is 19.9 Å². The van der Waals surface area contributed by atoms with Gasteiger partial charge in [0.15, 0.2) is 11.5 Å². The zero-order valence-corrected chi connectivity index (χ0v) is 14.9. The molecule has 1 aromatic carbocycles. The van der Waals surface area contributed by atoms with Gasteiger partial charge in [0.05, 0.1) is 20.1 Å². The van der Waals surface area contributed by atoms with Crippen LogP contribution in [-0.4, -0.2) is 24.4 Å². The molecule has 3 N–H and O–H groups in total. The van der Waals surface area contributed by atoms with Gasteiger partial charge in [-0.2, -0.15) is 5.26 Å². The zero-order valence-electron chi connectivity index (χ0n) is 13.3. The minimum atomic E-state index is -0.424. The van der Waals surface area contributed by atoms with Crippen molar-refractivity contribution in [3.05, 3.63) is 44.9 Å². The van der Waals surface area contributed by atoms with E-state index >= 15 is 0 Å². The molecule has 0 bridgehead atoms. The van der Waals surface area contributed by atoms with Gasteiger partial charge in [0.25, 0.3) is 0 Å². The lowest BCUT2D eigenvalue weighted by Crippen LogP contribution is -2.21. The molecule has 2 aromatic rings. The number of nitrogens with zero attached hydrogens (tertiary/aromatic N) is 2. The second-order valence-corrected chi connectivity index (χ2v) is 6.08. The number of methoxy groups -OCH3 is 2. The lowest BCUT2D eigenvalue weighted by atomic mass is 9.84. The molecule has 3 rings (SSSR count). The van der Waals surface area contributed by atoms with Crippen molar-refractivity contribution in [2.75, 3.05) is 14.2 Å². The van der Waals surface area contributed by atoms with E-state index in [2.05, 4.69) is 32.2 Å². The highest BCUT2D eigenvalue weighted by molar-refractivity contribution is 9.10. The Morgan fingerprint density at radius 2 is 2.00 bits per heavy atom. The largest absolute Gasteiger partial charge is 0.493 e. The smallest absolute Gasteiger partial charge is 0.244 e. The van der Waals surface area contributed by atoms with Crippen molar-refractivity contribution in [2.24, 2.45) is 5.73 Å². The predicted molar refractivity (Wildman–Crippen MR) is 89.9 cm³/mol. The molecule has 0 unspecified atom stereocenters. The summed E-state index contributed by atoms with van der Waals surface area (Å²) >= 11 is 3.55. The van der Waals surface area contributed by atoms with Crippen molar-refractivity contribution in [3.63, 3.8) is 0 Å². The number of aromatic amines is 1. The summed E-state index contributed by atoms with van der Waals surface area (Å²) < 4.78 is 16.9. The fourth-order valence-electron chi connectivity index (χ4n) is 2.80. The summed E-state index contributed by atoms with van der Waals surface area (Å²) in [7, 11) is 3.12. The van der Waals surface area contributed by atoms with E-state index in [0.717, 1.165) is 21.3 Å². The molecule has 0 spiro atoms. The SMILES string of the molecule is COc1cc(Br)c([C@@H]2C(C#N)=C(N)Oc3n[nH]c(C)c32)cc1OC. The first-order valence-corrected chi connectivity index (χ1v) is 7.85. The van der Waals surface area contributed by atoms with E-state index in [1.54, 1.807) is 20.3 Å². The Labute approximate surface area is 147 Å². The highest BCUT2D eigenvalue weighted by Gasteiger charge is 2.35. The van der Waals surface area contributed by atoms with Gasteiger partial charge in [0.2, 0.25) is 11.8 Å². The van der Waals surface area contributed by atoms with Crippen molar-refractivity contribution in [2.45, 2.75) is 12.8 Å². The number of nitriles is 1. The lowest BCUT2D eigenvalue weighted by Gasteiger charge is -2.25. The normalized spacial score (nSPS) is 16.2. The van der Waals surface area contributed by atoms with Crippen LogP contribution in [0.15, 0.2) is 28.1 Å². The molecule has 1 atom stereocenters. The molecule has 2 heterocycles. The van der Waals surface area contributed by atoms with Crippen molar-refractivity contribution in [1.29, 1.82) is 5.26 Å². The van der Waals surface area contributed by atoms with E-state index in [9.17, 15) is 5.26 Å². The molecule has 0 aliphatic carbocycles. The number of nitrogens with two attached hydrogens (primary N) is 1. The lowest BCUT2D eigenvalue weighted by molar-refractivity contribution is 0.353. The third kappa shape index (κ3) is 2.37. The van der Waals surface area contributed by atoms with Crippen molar-refractivity contribution in [3.8, 4) is 23.4 Å². The van der Waals surface area contributed by atoms with Gasteiger partial charge in [0.1, 0.15) is 11.6 Å². The van der Waals surface area contributed by atoms with Crippen LogP contribution in [-0.2, 0) is 0 Å². The predicted octanol–water partition coefficient (Wildman–Crippen LogP) is 2.72. The fraction of sp³-hybridized carbons (Fsp3) is 0.250. The van der Waals surface area contributed by atoms with Gasteiger partial charge in [-0.25, -0.2) is 0 Å². The third-order valence-corrected chi connectivity index (χ3v) is 4.63. The first kappa shape index (κ1) is 16.2. The van der Waals surface area contributed by atoms with Crippen LogP contribution >= 0.6 is 15.9 Å². The van der Waals surface area contributed by atoms with Crippen LogP contribution in [0.2, 0.25) is 0 Å². The maximum atomic E-state index is 9.60. The molecule has 0 saturated heterocycles. The average molecular weight is 391 g/mol. The van der Waals surface area contributed by atoms with Crippen LogP contribution in [0.4, 0.5) is 0 Å². The second kappa shape index (κ2) is 6.09. The van der Waals surface area contributed by atoms with E-state index in [-0.39, 0.29) is 5.88 Å². The summed E-state index contributed by atoms with van der Waals surface area (Å²) in [6.45, 7) is 1.87. The van der Waals surface area contributed by atoms with Gasteiger partial charge in [0, 0.05) is 15.7 Å². The summed E-state index contributed by atoms with van der Waals surface area (Å²) in [5.74, 6) is 1.13. The summed E-state index contributed by atoms with van der Waals surface area (Å²) in [4.78, 5) is 0. The Balaban J connectivity index is 2.28. The third-order valence-electron chi connectivity index (χ3n) is 3.94. The standard InChI is InChI=1S/C16H15BrN4O3/c1-7-13-14(9(6-18)15(19)24-16(13)21-20-7)8-4-11(22-2)12(23-3)5-10(8)17/h4-5,14H,19H2,1-3H3,(H,20,21)/t14-/m1/s1. The van der Waals surface area contributed by atoms with Gasteiger partial charge >= 0.3 is 0 Å². The maximum Gasteiger partial charge on any atom is 0.244 e. The van der Waals surface area contributed by atoms with E-state index in [0.29, 0.717) is 23.0 Å². The van der Waals surface area contributed by atoms with Crippen molar-refractivity contribution in [1.82, 2.24) is 10.2 Å². The number of benzene rings is 1. The number of nitrogens with one attached hydrogen (secondary N) is 1. The van der Waals surface area contributed by atoms with Gasteiger partial charge in [-0.1, -0.05) is 15.9 Å². The highest BCUT2D eigenvalue weighted by Crippen LogP contribution is 2.47. The van der Waals surface area contributed by atoms with Gasteiger partial charge in [-0.05, 0) is 24.6 Å². The molecule has 1 aromatic heterocycles. The quantitative estimate of drug-likeness (QED) is 0.834. The average Bonchev–Trinajstić information content (AvgIpc) is 2.94. The summed E-state index contributed by atoms with van der Waals surface area (Å²) in [5.41, 5.74) is 8.63. The Bertz CT molecular complexity index is 882. The number of fused-ring (bicyclic) bond motifs is 1. The molecule has 8 heteroatoms. The maximum absolute atomic E-state index is 9.60. The molecule has 7 nitrogen and oxygen atoms in total. The van der Waals surface area contributed by atoms with Crippen LogP contribution in [0.1, 0.15) is 22.7 Å². The van der Waals surface area contributed by atoms with Crippen molar-refractivity contribution >= 4 is 15.9 Å². The van der Waals surface area contributed by atoms with Gasteiger partial charge in [-0.3, -0.25) is 5.10 Å². The van der Waals surface area contributed by atoms with Crippen LogP contribution in [0.25, 0.3) is 0 Å². The Morgan fingerprint density at radius 1 is 1.33 bits per heavy atom. The fourth-order valence-corrected chi connectivity index (χ4v) is 3.35. The minimum Gasteiger partial charge on any atom is -0.493 e. The van der Waals surface area contributed by atoms with Gasteiger partial charge < -0.3 is 19.9 Å². The minimum absolute atomic E-state index is 0.0446. The molecule has 24 heavy (non-hydrogen) atoms. The molecular formula is C16H15BrN4O3. The highest BCUT2D eigenvalue weighted by atomic mass is 79.9. The summed E-state index contributed by atoms with van der Waals surface area (Å²) in [5, 5.41) is 16.6. The summed E-state index contributed by atoms with van der Waals surface area (Å²) in [6.07, 6.45) is 0. The molecule has 124 valence electrons. The topological polar surface area (TPSA) is 106 Å². The van der Waals surface area contributed by atoms with Crippen LogP contribution in [0.5, 0.6) is 17.4 Å². The Hall–Kier alpha value is -2.66. The van der Waals surface area contributed by atoms with E-state index in [1.165, 1.54) is 0 Å². The first-order valence-electron chi connectivity index (χ1n) is 7.05. The molecule has 0 saturated carbocycles. The molecule has 1 aliphatic rings. The molecular weight excluding hydrogens is 376 g/mol. The molecule has 0 fully saturated rings. The van der Waals surface area contributed by atoms with Crippen LogP contribution in [0, 0.1) is 18.3 Å². The van der Waals surface area contributed by atoms with Crippen LogP contribution < -0.4 is 19.9 Å². The van der Waals surface area contributed by atoms with Gasteiger partial charge in [-0.15, -0.1) is 5.10 Å². The Morgan fingerprint density at radius 3 is 2.62 bits per heavy atom. The number of aryl methyl sites for hydroxylation is 1. The number of hydrogen-bond acceptors (Lipinski definition) is 6. The van der Waals surface area contributed by atoms with Crippen LogP contribution in [0.3, 0.4) is 0 Å². The summed E-state index contributed by atoms with van der Waals surface area (Å²) in [6, 6.07) is 5.76. The molecule has 0 radical (unpaired) electrons.